The van der Waals surface area contributed by atoms with Crippen molar-refractivity contribution in [2.75, 3.05) is 0 Å². The number of nitrogens with zero attached hydrogens (tertiary/aromatic N) is 9. The Morgan fingerprint density at radius 3 is 2.88 bits per heavy atom. The number of ether oxygens (including phenoxy) is 1. The summed E-state index contributed by atoms with van der Waals surface area (Å²) >= 11 is 0. The lowest BCUT2D eigenvalue weighted by atomic mass is 10.1. The molecule has 0 N–H and O–H groups in total. The molecule has 10 heteroatoms. The maximum absolute atomic E-state index is 9.47. The summed E-state index contributed by atoms with van der Waals surface area (Å²) in [7, 11) is 0. The molecule has 0 bridgehead atoms. The van der Waals surface area contributed by atoms with Gasteiger partial charge >= 0.3 is 0 Å². The van der Waals surface area contributed by atoms with Crippen molar-refractivity contribution in [1.29, 1.82) is 5.26 Å². The van der Waals surface area contributed by atoms with Gasteiger partial charge < -0.3 is 4.74 Å². The smallest absolute Gasteiger partial charge is 0.154 e. The fourth-order valence-corrected chi connectivity index (χ4v) is 3.44. The molecule has 1 atom stereocenters. The number of hydrogen-bond donors (Lipinski definition) is 0. The molecule has 1 aromatic carbocycles. The molecule has 0 saturated carbocycles. The number of hydrogen-bond acceptors (Lipinski definition) is 8. The van der Waals surface area contributed by atoms with E-state index in [9.17, 15) is 5.26 Å². The summed E-state index contributed by atoms with van der Waals surface area (Å²) in [6.45, 7) is 2.45. The quantitative estimate of drug-likeness (QED) is 0.409. The zero-order valence-corrected chi connectivity index (χ0v) is 17.1. The van der Waals surface area contributed by atoms with Gasteiger partial charge in [-0.3, -0.25) is 4.98 Å². The van der Waals surface area contributed by atoms with Gasteiger partial charge in [0.15, 0.2) is 5.65 Å². The van der Waals surface area contributed by atoms with Crippen molar-refractivity contribution < 1.29 is 4.74 Å². The second-order valence-electron chi connectivity index (χ2n) is 7.16. The van der Waals surface area contributed by atoms with Crippen LogP contribution in [0.15, 0.2) is 67.4 Å². The van der Waals surface area contributed by atoms with Crippen LogP contribution < -0.4 is 4.74 Å². The fraction of sp³-hybridized carbons (Fsp3) is 0.136. The molecule has 0 aliphatic carbocycles. The third kappa shape index (κ3) is 3.75. The van der Waals surface area contributed by atoms with Crippen molar-refractivity contribution in [3.63, 3.8) is 0 Å². The highest BCUT2D eigenvalue weighted by Crippen LogP contribution is 2.26. The monoisotopic (exact) mass is 423 g/mol. The number of imidazole rings is 1. The number of tetrazole rings is 1. The third-order valence-corrected chi connectivity index (χ3v) is 4.87. The van der Waals surface area contributed by atoms with E-state index in [0.717, 1.165) is 16.8 Å². The highest BCUT2D eigenvalue weighted by Gasteiger charge is 2.13. The Morgan fingerprint density at radius 2 is 2.03 bits per heavy atom. The number of pyridine rings is 1. The molecule has 32 heavy (non-hydrogen) atoms. The summed E-state index contributed by atoms with van der Waals surface area (Å²) in [4.78, 5) is 8.74. The van der Waals surface area contributed by atoms with Crippen LogP contribution in [0.4, 0.5) is 0 Å². The zero-order chi connectivity index (χ0) is 21.9. The Labute approximate surface area is 182 Å². The van der Waals surface area contributed by atoms with Crippen molar-refractivity contribution in [3.05, 3.63) is 72.9 Å². The summed E-state index contributed by atoms with van der Waals surface area (Å²) in [5.41, 5.74) is 4.28. The predicted octanol–water partition coefficient (Wildman–Crippen LogP) is 2.78. The first-order valence-electron chi connectivity index (χ1n) is 9.88. The largest absolute Gasteiger partial charge is 0.487 e. The van der Waals surface area contributed by atoms with Gasteiger partial charge in [0.2, 0.25) is 0 Å². The molecule has 10 nitrogen and oxygen atoms in total. The number of nitriles is 1. The Hall–Kier alpha value is -4.65. The van der Waals surface area contributed by atoms with Gasteiger partial charge in [0, 0.05) is 17.3 Å². The second kappa shape index (κ2) is 8.23. The van der Waals surface area contributed by atoms with E-state index in [1.165, 1.54) is 0 Å². The van der Waals surface area contributed by atoms with Crippen molar-refractivity contribution in [1.82, 2.24) is 39.8 Å². The molecule has 5 rings (SSSR count). The summed E-state index contributed by atoms with van der Waals surface area (Å²) in [6.07, 6.45) is 6.49. The Morgan fingerprint density at radius 1 is 1.12 bits per heavy atom. The van der Waals surface area contributed by atoms with E-state index >= 15 is 0 Å². The zero-order valence-electron chi connectivity index (χ0n) is 17.1. The molecule has 0 aliphatic heterocycles. The summed E-state index contributed by atoms with van der Waals surface area (Å²) in [5, 5.41) is 25.3. The van der Waals surface area contributed by atoms with Crippen molar-refractivity contribution in [3.8, 4) is 34.3 Å². The third-order valence-electron chi connectivity index (χ3n) is 4.87. The van der Waals surface area contributed by atoms with Gasteiger partial charge in [0.05, 0.1) is 42.0 Å². The molecule has 0 aliphatic rings. The molecule has 0 fully saturated rings. The number of aromatic nitrogens is 8. The van der Waals surface area contributed by atoms with Crippen molar-refractivity contribution in [2.24, 2.45) is 0 Å². The van der Waals surface area contributed by atoms with Crippen LogP contribution in [0, 0.1) is 11.3 Å². The van der Waals surface area contributed by atoms with Gasteiger partial charge in [-0.25, -0.2) is 14.2 Å². The number of fused-ring (bicyclic) bond motifs is 1. The first kappa shape index (κ1) is 19.3. The van der Waals surface area contributed by atoms with Crippen molar-refractivity contribution >= 4 is 5.65 Å². The maximum Gasteiger partial charge on any atom is 0.154 e. The first-order valence-corrected chi connectivity index (χ1v) is 9.88. The van der Waals surface area contributed by atoms with Crippen LogP contribution in [0.1, 0.15) is 12.5 Å². The molecular formula is C22H17N9O. The van der Waals surface area contributed by atoms with E-state index in [1.54, 1.807) is 40.2 Å². The Kier molecular flexibility index (Phi) is 4.97. The first-order chi connectivity index (χ1) is 15.7. The lowest BCUT2D eigenvalue weighted by Gasteiger charge is -2.14. The average molecular weight is 423 g/mol. The molecule has 0 unspecified atom stereocenters. The minimum absolute atomic E-state index is 0.159. The molecule has 4 heterocycles. The van der Waals surface area contributed by atoms with Crippen LogP contribution in [0.5, 0.6) is 5.75 Å². The minimum Gasteiger partial charge on any atom is -0.487 e. The summed E-state index contributed by atoms with van der Waals surface area (Å²) in [6, 6.07) is 15.3. The van der Waals surface area contributed by atoms with Gasteiger partial charge in [-0.15, -0.1) is 5.10 Å². The van der Waals surface area contributed by atoms with E-state index in [4.69, 9.17) is 9.84 Å². The van der Waals surface area contributed by atoms with E-state index in [-0.39, 0.29) is 6.10 Å². The van der Waals surface area contributed by atoms with Crippen LogP contribution in [0.3, 0.4) is 0 Å². The van der Waals surface area contributed by atoms with Crippen LogP contribution in [-0.2, 0) is 6.54 Å². The van der Waals surface area contributed by atoms with E-state index in [2.05, 4.69) is 31.6 Å². The minimum atomic E-state index is -0.159. The fourth-order valence-electron chi connectivity index (χ4n) is 3.44. The van der Waals surface area contributed by atoms with Crippen LogP contribution in [0.2, 0.25) is 0 Å². The molecule has 4 aromatic heterocycles. The number of benzene rings is 1. The molecule has 0 amide bonds. The van der Waals surface area contributed by atoms with Gasteiger partial charge in [-0.05, 0) is 41.6 Å². The lowest BCUT2D eigenvalue weighted by Crippen LogP contribution is -2.20. The topological polar surface area (TPSA) is 120 Å². The molecule has 156 valence electrons. The highest BCUT2D eigenvalue weighted by atomic mass is 16.5. The van der Waals surface area contributed by atoms with Crippen LogP contribution in [0.25, 0.3) is 28.2 Å². The molecule has 0 spiro atoms. The highest BCUT2D eigenvalue weighted by molar-refractivity contribution is 5.70. The average Bonchev–Trinajstić information content (AvgIpc) is 3.48. The standard InChI is InChI=1S/C22H17N9O/c1-15(13-30-14-26-28-29-30)32-18-8-17(10-24-11-18)20-6-7-22-25-12-21(31(22)27-20)19-5-3-2-4-16(19)9-23/h2-8,10-12,14-15H,13H2,1H3/t15-/m0/s1. The second-order valence-corrected chi connectivity index (χ2v) is 7.16. The normalized spacial score (nSPS) is 11.9. The lowest BCUT2D eigenvalue weighted by molar-refractivity contribution is 0.192. The Bertz CT molecular complexity index is 1420. The van der Waals surface area contributed by atoms with Gasteiger partial charge in [0.1, 0.15) is 18.2 Å². The van der Waals surface area contributed by atoms with Gasteiger partial charge in [-0.1, -0.05) is 18.2 Å². The molecule has 5 aromatic rings. The van der Waals surface area contributed by atoms with E-state index < -0.39 is 0 Å². The predicted molar refractivity (Wildman–Crippen MR) is 114 cm³/mol. The molecular weight excluding hydrogens is 406 g/mol. The van der Waals surface area contributed by atoms with Gasteiger partial charge in [-0.2, -0.15) is 10.4 Å². The summed E-state index contributed by atoms with van der Waals surface area (Å²) in [5.74, 6) is 0.616. The Balaban J connectivity index is 1.46. The van der Waals surface area contributed by atoms with Crippen molar-refractivity contribution in [2.45, 2.75) is 19.6 Å². The van der Waals surface area contributed by atoms with Crippen LogP contribution >= 0.6 is 0 Å². The summed E-state index contributed by atoms with van der Waals surface area (Å²) < 4.78 is 9.33. The van der Waals surface area contributed by atoms with E-state index in [1.807, 2.05) is 43.3 Å². The van der Waals surface area contributed by atoms with Gasteiger partial charge in [0.25, 0.3) is 0 Å². The van der Waals surface area contributed by atoms with E-state index in [0.29, 0.717) is 29.2 Å². The number of rotatable bonds is 6. The maximum atomic E-state index is 9.47. The molecule has 0 radical (unpaired) electrons. The molecule has 0 saturated heterocycles. The van der Waals surface area contributed by atoms with Crippen LogP contribution in [-0.4, -0.2) is 45.9 Å². The SMILES string of the molecule is C[C@@H](Cn1cnnn1)Oc1cncc(-c2ccc3ncc(-c4ccccc4C#N)n3n2)c1.